The second-order valence-electron chi connectivity index (χ2n) is 9.35. The molecular weight excluding hydrogens is 468 g/mol. The third-order valence-electron chi connectivity index (χ3n) is 6.17. The number of carbonyl (C=O) groups is 3. The monoisotopic (exact) mass is 504 g/mol. The lowest BCUT2D eigenvalue weighted by Crippen LogP contribution is -2.50. The molecule has 0 spiro atoms. The second-order valence-corrected chi connectivity index (χ2v) is 9.35. The molecule has 196 valence electrons. The van der Waals surface area contributed by atoms with Gasteiger partial charge in [-0.05, 0) is 42.3 Å². The fraction of sp³-hybridized carbons (Fsp3) is 0.345. The van der Waals surface area contributed by atoms with Crippen molar-refractivity contribution in [3.8, 4) is 0 Å². The van der Waals surface area contributed by atoms with Crippen molar-refractivity contribution in [1.29, 1.82) is 0 Å². The highest BCUT2D eigenvalue weighted by molar-refractivity contribution is 5.95. The molecule has 0 aromatic heterocycles. The Balaban J connectivity index is 1.69. The van der Waals surface area contributed by atoms with E-state index in [9.17, 15) is 19.5 Å². The van der Waals surface area contributed by atoms with E-state index in [1.54, 1.807) is 29.2 Å². The van der Waals surface area contributed by atoms with Crippen LogP contribution in [0.25, 0.3) is 10.8 Å². The molecule has 0 saturated heterocycles. The number of fused-ring (bicyclic) bond motifs is 1. The van der Waals surface area contributed by atoms with Gasteiger partial charge in [0.2, 0.25) is 11.8 Å². The molecule has 5 N–H and O–H groups in total. The standard InChI is InChI=1S/C29H36N4O4/c1-20(2)33(29(37)23-9-4-3-5-10-23)15-14-27(35)32-26(28(36)31-19-25(34)18-30)17-21-12-13-22-8-6-7-11-24(22)16-21/h3-13,16,20,25-26,34H,14-15,17-19,30H2,1-2H3,(H,31,36)(H,32,35). The van der Waals surface area contributed by atoms with E-state index in [-0.39, 0.29) is 50.3 Å². The van der Waals surface area contributed by atoms with Crippen molar-refractivity contribution in [2.45, 2.75) is 44.9 Å². The van der Waals surface area contributed by atoms with Crippen LogP contribution in [-0.4, -0.2) is 65.5 Å². The summed E-state index contributed by atoms with van der Waals surface area (Å²) in [4.78, 5) is 40.5. The molecule has 3 rings (SSSR count). The summed E-state index contributed by atoms with van der Waals surface area (Å²) in [6.45, 7) is 4.02. The number of nitrogens with zero attached hydrogens (tertiary/aromatic N) is 1. The first kappa shape index (κ1) is 27.8. The van der Waals surface area contributed by atoms with Gasteiger partial charge < -0.3 is 26.4 Å². The highest BCUT2D eigenvalue weighted by Gasteiger charge is 2.24. The van der Waals surface area contributed by atoms with Crippen LogP contribution in [0, 0.1) is 0 Å². The van der Waals surface area contributed by atoms with Crippen LogP contribution in [0.3, 0.4) is 0 Å². The number of rotatable bonds is 12. The highest BCUT2D eigenvalue weighted by atomic mass is 16.3. The van der Waals surface area contributed by atoms with E-state index < -0.39 is 18.1 Å². The van der Waals surface area contributed by atoms with Gasteiger partial charge in [-0.1, -0.05) is 60.7 Å². The van der Waals surface area contributed by atoms with Crippen LogP contribution in [0.5, 0.6) is 0 Å². The molecule has 3 amide bonds. The smallest absolute Gasteiger partial charge is 0.254 e. The third kappa shape index (κ3) is 8.13. The van der Waals surface area contributed by atoms with E-state index in [2.05, 4.69) is 10.6 Å². The Morgan fingerprint density at radius 1 is 0.946 bits per heavy atom. The van der Waals surface area contributed by atoms with Gasteiger partial charge in [-0.2, -0.15) is 0 Å². The van der Waals surface area contributed by atoms with Gasteiger partial charge in [0, 0.05) is 44.1 Å². The lowest BCUT2D eigenvalue weighted by atomic mass is 10.0. The number of carbonyl (C=O) groups excluding carboxylic acids is 3. The van der Waals surface area contributed by atoms with Gasteiger partial charge in [-0.3, -0.25) is 14.4 Å². The van der Waals surface area contributed by atoms with Crippen molar-refractivity contribution >= 4 is 28.5 Å². The number of benzene rings is 3. The van der Waals surface area contributed by atoms with Crippen molar-refractivity contribution < 1.29 is 19.5 Å². The zero-order valence-corrected chi connectivity index (χ0v) is 21.4. The van der Waals surface area contributed by atoms with Gasteiger partial charge in [0.1, 0.15) is 6.04 Å². The molecule has 2 unspecified atom stereocenters. The molecule has 0 aliphatic heterocycles. The first-order valence-electron chi connectivity index (χ1n) is 12.6. The normalized spacial score (nSPS) is 12.7. The molecule has 3 aromatic rings. The molecule has 8 nitrogen and oxygen atoms in total. The maximum atomic E-state index is 13.0. The Bertz CT molecular complexity index is 1200. The molecule has 0 aliphatic carbocycles. The topological polar surface area (TPSA) is 125 Å². The van der Waals surface area contributed by atoms with Crippen LogP contribution in [0.4, 0.5) is 0 Å². The minimum Gasteiger partial charge on any atom is -0.390 e. The van der Waals surface area contributed by atoms with Gasteiger partial charge in [0.15, 0.2) is 0 Å². The number of nitrogens with one attached hydrogen (secondary N) is 2. The summed E-state index contributed by atoms with van der Waals surface area (Å²) >= 11 is 0. The maximum Gasteiger partial charge on any atom is 0.254 e. The summed E-state index contributed by atoms with van der Waals surface area (Å²) in [5.41, 5.74) is 6.90. The number of hydrogen-bond acceptors (Lipinski definition) is 5. The van der Waals surface area contributed by atoms with E-state index >= 15 is 0 Å². The first-order chi connectivity index (χ1) is 17.8. The fourth-order valence-corrected chi connectivity index (χ4v) is 4.06. The van der Waals surface area contributed by atoms with Crippen LogP contribution in [0.15, 0.2) is 72.8 Å². The van der Waals surface area contributed by atoms with Gasteiger partial charge in [0.25, 0.3) is 5.91 Å². The molecule has 0 aliphatic rings. The summed E-state index contributed by atoms with van der Waals surface area (Å²) in [6, 6.07) is 21.8. The molecule has 0 heterocycles. The first-order valence-corrected chi connectivity index (χ1v) is 12.6. The Hall–Kier alpha value is -3.75. The second kappa shape index (κ2) is 13.5. The number of aliphatic hydroxyl groups is 1. The zero-order valence-electron chi connectivity index (χ0n) is 21.4. The summed E-state index contributed by atoms with van der Waals surface area (Å²) in [7, 11) is 0. The van der Waals surface area contributed by atoms with Gasteiger partial charge in [-0.15, -0.1) is 0 Å². The molecule has 8 heteroatoms. The molecular formula is C29H36N4O4. The van der Waals surface area contributed by atoms with Crippen molar-refractivity contribution in [1.82, 2.24) is 15.5 Å². The number of amides is 3. The molecule has 2 atom stereocenters. The van der Waals surface area contributed by atoms with E-state index in [0.717, 1.165) is 16.3 Å². The van der Waals surface area contributed by atoms with Crippen LogP contribution in [-0.2, 0) is 16.0 Å². The molecule has 0 fully saturated rings. The van der Waals surface area contributed by atoms with Gasteiger partial charge in [0.05, 0.1) is 6.10 Å². The van der Waals surface area contributed by atoms with Gasteiger partial charge >= 0.3 is 0 Å². The summed E-state index contributed by atoms with van der Waals surface area (Å²) in [6.07, 6.45) is -0.550. The lowest BCUT2D eigenvalue weighted by molar-refractivity contribution is -0.129. The van der Waals surface area contributed by atoms with Crippen LogP contribution >= 0.6 is 0 Å². The molecule has 0 bridgehead atoms. The Kier molecular flexibility index (Phi) is 10.2. The minimum absolute atomic E-state index is 0.00781. The van der Waals surface area contributed by atoms with E-state index in [4.69, 9.17) is 5.73 Å². The fourth-order valence-electron chi connectivity index (χ4n) is 4.06. The Morgan fingerprint density at radius 2 is 1.62 bits per heavy atom. The number of hydrogen-bond donors (Lipinski definition) is 4. The lowest BCUT2D eigenvalue weighted by Gasteiger charge is -2.27. The maximum absolute atomic E-state index is 13.0. The third-order valence-corrected chi connectivity index (χ3v) is 6.17. The number of aliphatic hydroxyl groups excluding tert-OH is 1. The van der Waals surface area contributed by atoms with E-state index in [1.807, 2.05) is 62.4 Å². The van der Waals surface area contributed by atoms with Crippen LogP contribution < -0.4 is 16.4 Å². The molecule has 37 heavy (non-hydrogen) atoms. The predicted molar refractivity (Wildman–Crippen MR) is 145 cm³/mol. The van der Waals surface area contributed by atoms with Crippen molar-refractivity contribution in [3.63, 3.8) is 0 Å². The molecule has 0 saturated carbocycles. The van der Waals surface area contributed by atoms with E-state index in [0.29, 0.717) is 5.56 Å². The highest BCUT2D eigenvalue weighted by Crippen LogP contribution is 2.17. The molecule has 0 radical (unpaired) electrons. The minimum atomic E-state index is -0.871. The van der Waals surface area contributed by atoms with Crippen molar-refractivity contribution in [3.05, 3.63) is 83.9 Å². The van der Waals surface area contributed by atoms with Crippen molar-refractivity contribution in [2.75, 3.05) is 19.6 Å². The largest absolute Gasteiger partial charge is 0.390 e. The quantitative estimate of drug-likeness (QED) is 0.301. The predicted octanol–water partition coefficient (Wildman–Crippen LogP) is 2.24. The SMILES string of the molecule is CC(C)N(CCC(=O)NC(Cc1ccc2ccccc2c1)C(=O)NCC(O)CN)C(=O)c1ccccc1. The zero-order chi connectivity index (χ0) is 26.8. The Labute approximate surface area is 217 Å². The average Bonchev–Trinajstić information content (AvgIpc) is 2.91. The summed E-state index contributed by atoms with van der Waals surface area (Å²) < 4.78 is 0. The summed E-state index contributed by atoms with van der Waals surface area (Å²) in [5.74, 6) is -0.897. The summed E-state index contributed by atoms with van der Waals surface area (Å²) in [5, 5.41) is 17.4. The number of nitrogens with two attached hydrogens (primary N) is 1. The Morgan fingerprint density at radius 3 is 2.30 bits per heavy atom. The molecule has 3 aromatic carbocycles. The van der Waals surface area contributed by atoms with E-state index in [1.165, 1.54) is 0 Å². The van der Waals surface area contributed by atoms with Gasteiger partial charge in [-0.25, -0.2) is 0 Å². The van der Waals surface area contributed by atoms with Crippen molar-refractivity contribution in [2.24, 2.45) is 5.73 Å². The van der Waals surface area contributed by atoms with Crippen LogP contribution in [0.1, 0.15) is 36.2 Å². The van der Waals surface area contributed by atoms with Crippen LogP contribution in [0.2, 0.25) is 0 Å². The average molecular weight is 505 g/mol.